The Morgan fingerprint density at radius 1 is 1.00 bits per heavy atom. The van der Waals surface area contributed by atoms with Gasteiger partial charge in [0, 0.05) is 0 Å². The number of ether oxygens (including phenoxy) is 1. The lowest BCUT2D eigenvalue weighted by Crippen LogP contribution is -2.32. The Labute approximate surface area is 140 Å². The Bertz CT molecular complexity index is 1160. The third-order valence-corrected chi connectivity index (χ3v) is 4.91. The van der Waals surface area contributed by atoms with Crippen LogP contribution in [0.5, 0.6) is 11.5 Å². The zero-order valence-corrected chi connectivity index (χ0v) is 13.9. The average Bonchev–Trinajstić information content (AvgIpc) is 2.57. The van der Waals surface area contributed by atoms with Crippen molar-refractivity contribution in [2.45, 2.75) is 13.8 Å². The fraction of sp³-hybridized carbons (Fsp3) is 0.143. The summed E-state index contributed by atoms with van der Waals surface area (Å²) < 4.78 is 8.42. The molecule has 116 valence electrons. The Hall–Kier alpha value is -2.94. The van der Waals surface area contributed by atoms with Crippen molar-refractivity contribution in [3.8, 4) is 22.8 Å². The smallest absolute Gasteiger partial charge is 0.287 e. The summed E-state index contributed by atoms with van der Waals surface area (Å²) in [5.41, 5.74) is 5.74. The summed E-state index contributed by atoms with van der Waals surface area (Å²) in [6, 6.07) is 14.8. The summed E-state index contributed by atoms with van der Waals surface area (Å²) in [5, 5.41) is 3.56. The molecule has 0 amide bonds. The van der Waals surface area contributed by atoms with E-state index in [2.05, 4.69) is 72.9 Å². The fourth-order valence-corrected chi connectivity index (χ4v) is 3.83. The lowest BCUT2D eigenvalue weighted by atomic mass is 9.92. The molecule has 1 aromatic heterocycles. The maximum absolute atomic E-state index is 6.32. The predicted octanol–water partition coefficient (Wildman–Crippen LogP) is 4.60. The molecule has 1 aliphatic rings. The number of aromatic nitrogens is 2. The van der Waals surface area contributed by atoms with Gasteiger partial charge in [-0.3, -0.25) is 0 Å². The molecule has 1 aliphatic heterocycles. The van der Waals surface area contributed by atoms with Crippen LogP contribution in [0.25, 0.3) is 32.9 Å². The van der Waals surface area contributed by atoms with E-state index in [1.807, 2.05) is 6.33 Å². The van der Waals surface area contributed by atoms with Crippen LogP contribution in [0.4, 0.5) is 0 Å². The molecule has 0 spiro atoms. The number of benzene rings is 3. The molecule has 24 heavy (non-hydrogen) atoms. The molecule has 2 heterocycles. The third-order valence-electron chi connectivity index (χ3n) is 4.91. The Morgan fingerprint density at radius 3 is 2.71 bits per heavy atom. The van der Waals surface area contributed by atoms with E-state index < -0.39 is 0 Å². The van der Waals surface area contributed by atoms with Crippen molar-refractivity contribution in [1.29, 1.82) is 0 Å². The van der Waals surface area contributed by atoms with Gasteiger partial charge in [0.25, 0.3) is 6.33 Å². The van der Waals surface area contributed by atoms with Gasteiger partial charge in [-0.2, -0.15) is 0 Å². The monoisotopic (exact) mass is 313 g/mol. The van der Waals surface area contributed by atoms with Gasteiger partial charge in [-0.1, -0.05) is 24.3 Å². The van der Waals surface area contributed by atoms with Crippen LogP contribution in [0.1, 0.15) is 11.1 Å². The molecule has 4 aromatic rings. The first kappa shape index (κ1) is 13.5. The van der Waals surface area contributed by atoms with Crippen LogP contribution in [0.2, 0.25) is 0 Å². The highest BCUT2D eigenvalue weighted by Gasteiger charge is 2.29. The summed E-state index contributed by atoms with van der Waals surface area (Å²) in [6.07, 6.45) is 1.89. The number of nitrogens with zero attached hydrogens (tertiary/aromatic N) is 2. The van der Waals surface area contributed by atoms with E-state index in [1.54, 1.807) is 0 Å². The Balaban J connectivity index is 2.01. The number of rotatable bonds is 0. The molecular weight excluding hydrogens is 296 g/mol. The highest BCUT2D eigenvalue weighted by atomic mass is 16.5. The highest BCUT2D eigenvalue weighted by Crippen LogP contribution is 2.47. The van der Waals surface area contributed by atoms with Crippen LogP contribution in [0, 0.1) is 13.8 Å². The Morgan fingerprint density at radius 2 is 1.83 bits per heavy atom. The summed E-state index contributed by atoms with van der Waals surface area (Å²) >= 11 is 0. The maximum Gasteiger partial charge on any atom is 0.287 e. The molecule has 0 N–H and O–H groups in total. The number of fused-ring (bicyclic) bond motifs is 3. The fourth-order valence-electron chi connectivity index (χ4n) is 3.83. The van der Waals surface area contributed by atoms with Crippen LogP contribution in [-0.2, 0) is 7.05 Å². The van der Waals surface area contributed by atoms with Crippen molar-refractivity contribution >= 4 is 21.7 Å². The minimum absolute atomic E-state index is 0.894. The first-order chi connectivity index (χ1) is 11.6. The molecule has 0 saturated heterocycles. The lowest BCUT2D eigenvalue weighted by molar-refractivity contribution is -0.662. The van der Waals surface area contributed by atoms with Crippen molar-refractivity contribution in [2.24, 2.45) is 7.05 Å². The summed E-state index contributed by atoms with van der Waals surface area (Å²) in [5.74, 6) is 1.82. The Kier molecular flexibility index (Phi) is 2.55. The molecular formula is C21H17N2O+. The van der Waals surface area contributed by atoms with Gasteiger partial charge in [-0.15, -0.1) is 0 Å². The summed E-state index contributed by atoms with van der Waals surface area (Å²) in [7, 11) is 2.05. The molecule has 0 atom stereocenters. The normalized spacial score (nSPS) is 12.3. The first-order valence-electron chi connectivity index (χ1n) is 8.13. The van der Waals surface area contributed by atoms with Gasteiger partial charge in [-0.25, -0.2) is 4.57 Å². The lowest BCUT2D eigenvalue weighted by Gasteiger charge is -2.22. The summed E-state index contributed by atoms with van der Waals surface area (Å²) in [6.45, 7) is 4.25. The molecule has 3 nitrogen and oxygen atoms in total. The molecule has 0 saturated carbocycles. The van der Waals surface area contributed by atoms with Gasteiger partial charge in [0.15, 0.2) is 11.2 Å². The van der Waals surface area contributed by atoms with E-state index in [0.29, 0.717) is 0 Å². The molecule has 0 radical (unpaired) electrons. The van der Waals surface area contributed by atoms with E-state index in [9.17, 15) is 0 Å². The highest BCUT2D eigenvalue weighted by molar-refractivity contribution is 6.04. The van der Waals surface area contributed by atoms with E-state index in [1.165, 1.54) is 27.6 Å². The minimum Gasteiger partial charge on any atom is -0.456 e. The zero-order chi connectivity index (χ0) is 16.4. The van der Waals surface area contributed by atoms with Gasteiger partial charge in [0.05, 0.1) is 12.6 Å². The van der Waals surface area contributed by atoms with E-state index in [0.717, 1.165) is 28.0 Å². The molecule has 5 rings (SSSR count). The van der Waals surface area contributed by atoms with Crippen molar-refractivity contribution < 1.29 is 9.30 Å². The second-order valence-electron chi connectivity index (χ2n) is 6.56. The SMILES string of the molecule is Cc1cc2c3c([n+](C)cnc3c1)-c1c(cc3ccccc3c1C)O2. The summed E-state index contributed by atoms with van der Waals surface area (Å²) in [4.78, 5) is 4.59. The zero-order valence-electron chi connectivity index (χ0n) is 13.9. The third kappa shape index (κ3) is 1.67. The minimum atomic E-state index is 0.894. The standard InChI is InChI=1S/C21H17N2O/c1-12-8-16-20-17(9-12)24-18-10-14-6-4-5-7-15(14)13(2)19(18)21(20)23(3)11-22-16/h4-11H,1-3H3/q+1. The van der Waals surface area contributed by atoms with Crippen molar-refractivity contribution in [2.75, 3.05) is 0 Å². The topological polar surface area (TPSA) is 26.0 Å². The van der Waals surface area contributed by atoms with Crippen molar-refractivity contribution in [1.82, 2.24) is 4.98 Å². The maximum atomic E-state index is 6.32. The predicted molar refractivity (Wildman–Crippen MR) is 95.4 cm³/mol. The molecule has 0 unspecified atom stereocenters. The number of hydrogen-bond acceptors (Lipinski definition) is 2. The molecule has 3 aromatic carbocycles. The molecule has 0 fully saturated rings. The van der Waals surface area contributed by atoms with Crippen LogP contribution in [0.15, 0.2) is 48.8 Å². The van der Waals surface area contributed by atoms with Crippen LogP contribution >= 0.6 is 0 Å². The van der Waals surface area contributed by atoms with Gasteiger partial charge < -0.3 is 4.74 Å². The van der Waals surface area contributed by atoms with Crippen molar-refractivity contribution in [3.63, 3.8) is 0 Å². The van der Waals surface area contributed by atoms with Gasteiger partial charge >= 0.3 is 0 Å². The van der Waals surface area contributed by atoms with Crippen LogP contribution < -0.4 is 9.30 Å². The van der Waals surface area contributed by atoms with Gasteiger partial charge in [0.2, 0.25) is 0 Å². The van der Waals surface area contributed by atoms with Crippen LogP contribution in [0.3, 0.4) is 0 Å². The first-order valence-corrected chi connectivity index (χ1v) is 8.13. The second-order valence-corrected chi connectivity index (χ2v) is 6.56. The van der Waals surface area contributed by atoms with Crippen molar-refractivity contribution in [3.05, 3.63) is 59.9 Å². The van der Waals surface area contributed by atoms with Gasteiger partial charge in [0.1, 0.15) is 16.9 Å². The number of hydrogen-bond donors (Lipinski definition) is 0. The molecule has 3 heteroatoms. The van der Waals surface area contributed by atoms with Gasteiger partial charge in [-0.05, 0) is 58.9 Å². The molecule has 0 aliphatic carbocycles. The quantitative estimate of drug-likeness (QED) is 0.390. The van der Waals surface area contributed by atoms with E-state index in [4.69, 9.17) is 4.74 Å². The largest absolute Gasteiger partial charge is 0.456 e. The second kappa shape index (κ2) is 4.54. The molecule has 0 bridgehead atoms. The van der Waals surface area contributed by atoms with E-state index >= 15 is 0 Å². The van der Waals surface area contributed by atoms with Crippen LogP contribution in [-0.4, -0.2) is 4.98 Å². The number of aryl methyl sites for hydroxylation is 3. The van der Waals surface area contributed by atoms with E-state index in [-0.39, 0.29) is 0 Å². The average molecular weight is 313 g/mol.